The molecule has 114 heavy (non-hydrogen) atoms. The largest absolute Gasteiger partial charge is 0.256 e. The summed E-state index contributed by atoms with van der Waals surface area (Å²) in [5.41, 5.74) is 11.3. The van der Waals surface area contributed by atoms with Crippen molar-refractivity contribution < 1.29 is 0 Å². The van der Waals surface area contributed by atoms with Crippen LogP contribution in [0.15, 0.2) is 408 Å². The van der Waals surface area contributed by atoms with E-state index in [1.165, 1.54) is 102 Å². The van der Waals surface area contributed by atoms with E-state index in [0.717, 1.165) is 93.0 Å². The summed E-state index contributed by atoms with van der Waals surface area (Å²) >= 11 is 0. The van der Waals surface area contributed by atoms with Gasteiger partial charge < -0.3 is 0 Å². The van der Waals surface area contributed by atoms with Gasteiger partial charge in [0.25, 0.3) is 0 Å². The van der Waals surface area contributed by atoms with Gasteiger partial charge in [-0.3, -0.25) is 54.8 Å². The van der Waals surface area contributed by atoms with Gasteiger partial charge in [0.05, 0.1) is 60.7 Å². The summed E-state index contributed by atoms with van der Waals surface area (Å²) in [5, 5.41) is 30.5. The Balaban J connectivity index is 0.0000000894. The van der Waals surface area contributed by atoms with Crippen LogP contribution in [0.4, 0.5) is 0 Å². The molecule has 0 aliphatic rings. The highest BCUT2D eigenvalue weighted by Gasteiger charge is 2.11. The third-order valence-electron chi connectivity index (χ3n) is 20.8. The van der Waals surface area contributed by atoms with Crippen molar-refractivity contribution in [3.8, 4) is 0 Å². The van der Waals surface area contributed by atoms with E-state index in [9.17, 15) is 0 Å². The van der Waals surface area contributed by atoms with Gasteiger partial charge in [-0.25, -0.2) is 0 Å². The van der Waals surface area contributed by atoms with Gasteiger partial charge in [0, 0.05) is 144 Å². The Morgan fingerprint density at radius 3 is 0.772 bits per heavy atom. The molecule has 0 saturated heterocycles. The average Bonchev–Trinajstić information content (AvgIpc) is 0.738. The van der Waals surface area contributed by atoms with E-state index in [0.29, 0.717) is 0 Å². The molecule has 0 bridgehead atoms. The Morgan fingerprint density at radius 1 is 0.105 bits per heavy atom. The predicted octanol–water partition coefficient (Wildman–Crippen LogP) is 25.9. The minimum absolute atomic E-state index is 0.977. The van der Waals surface area contributed by atoms with Crippen molar-refractivity contribution in [2.24, 2.45) is 0 Å². The molecule has 0 N–H and O–H groups in total. The van der Waals surface area contributed by atoms with E-state index in [1.54, 1.807) is 24.8 Å². The highest BCUT2D eigenvalue weighted by atomic mass is 14.7. The quantitative estimate of drug-likeness (QED) is 0.106. The van der Waals surface area contributed by atoms with E-state index in [4.69, 9.17) is 0 Å². The molecular weight excluding hydrogens is 1390 g/mol. The van der Waals surface area contributed by atoms with Crippen LogP contribution in [0, 0.1) is 0 Å². The molecule has 0 spiro atoms. The van der Waals surface area contributed by atoms with E-state index in [-0.39, 0.29) is 0 Å². The molecule has 11 aromatic heterocycles. The lowest BCUT2D eigenvalue weighted by atomic mass is 9.97. The second-order valence-electron chi connectivity index (χ2n) is 27.7. The first-order chi connectivity index (χ1) is 56.5. The molecule has 25 rings (SSSR count). The van der Waals surface area contributed by atoms with Crippen LogP contribution in [0.1, 0.15) is 0 Å². The number of hydrogen-bond donors (Lipinski definition) is 0. The van der Waals surface area contributed by atoms with Crippen molar-refractivity contribution >= 4 is 195 Å². The highest BCUT2D eigenvalue weighted by Crippen LogP contribution is 2.36. The van der Waals surface area contributed by atoms with Gasteiger partial charge in [-0.05, 0) is 175 Å². The minimum Gasteiger partial charge on any atom is -0.256 e. The molecule has 11 nitrogen and oxygen atoms in total. The van der Waals surface area contributed by atoms with Crippen LogP contribution < -0.4 is 0 Å². The van der Waals surface area contributed by atoms with Crippen molar-refractivity contribution in [1.82, 2.24) is 54.8 Å². The van der Waals surface area contributed by atoms with Crippen molar-refractivity contribution in [1.29, 1.82) is 0 Å². The van der Waals surface area contributed by atoms with Crippen molar-refractivity contribution in [2.75, 3.05) is 0 Å². The molecule has 11 heterocycles. The standard InChI is InChI=1S/3C17H11N.C16H10N2.3C12H8N2/c1-2-7-14-12(6-1)13-8-3-4-9-15(13)17-16(14)10-5-11-18-17;1-2-6-15-12(4-1)7-8-13-11-17-14(10-16(13)15)5-3-9-18-17;1-2-6-15-12(4-1)7-8-13-10-14-5-3-9-18-17(14)11-16(13)15;1-3-11-5-7-14-13(15(11)17-9-1)8-6-12-4-2-10-18-16(12)14;1-3-9-5-6-10-4-2-8-14-12(10)11(9)13-7-1;1-3-9-7-12-10(4-2-6-14-12)8-11(9)13-5-1;1-3-9-7-10-4-2-6-14-12(10)8-11(9)13-5-1/h3*1-11H;1-10H;3*1-8H. The highest BCUT2D eigenvalue weighted by molar-refractivity contribution is 6.24. The Morgan fingerprint density at radius 2 is 0.333 bits per heavy atom. The SMILES string of the molecule is c1ccc2c(c1)c1ccccc1c1ncccc21.c1cnc2c(c1)ccc1c2ccc2cccnc21.c1cnc2c(c1)ccc1cccnc12.c1cnc2cc3c(ccc4ccccc43)cc2c1.c1cnc2cc3ccc4ccccc4c3cc2c1.c1cnc2cc3cccnc3cc2c1.c1cnc2cc3ncccc3cc2c1. The van der Waals surface area contributed by atoms with Crippen LogP contribution in [-0.2, 0) is 0 Å². The first-order valence-corrected chi connectivity index (χ1v) is 37.8. The van der Waals surface area contributed by atoms with Gasteiger partial charge in [-0.1, -0.05) is 224 Å². The maximum atomic E-state index is 4.56. The summed E-state index contributed by atoms with van der Waals surface area (Å²) in [5.74, 6) is 0. The molecular formula is C103H67N11. The van der Waals surface area contributed by atoms with Gasteiger partial charge in [0.1, 0.15) is 0 Å². The number of benzene rings is 14. The summed E-state index contributed by atoms with van der Waals surface area (Å²) in [6.07, 6.45) is 20.1. The van der Waals surface area contributed by atoms with Gasteiger partial charge in [-0.15, -0.1) is 0 Å². The number of fused-ring (bicyclic) bond motifs is 26. The second kappa shape index (κ2) is 31.2. The first kappa shape index (κ1) is 68.9. The number of hydrogen-bond acceptors (Lipinski definition) is 11. The van der Waals surface area contributed by atoms with E-state index in [2.05, 4.69) is 322 Å². The molecule has 25 aromatic rings. The zero-order valence-corrected chi connectivity index (χ0v) is 61.6. The molecule has 0 radical (unpaired) electrons. The number of aromatic nitrogens is 11. The number of pyridine rings is 11. The fourth-order valence-electron chi connectivity index (χ4n) is 15.3. The molecule has 0 saturated carbocycles. The molecule has 0 aliphatic carbocycles. The van der Waals surface area contributed by atoms with Gasteiger partial charge in [0.15, 0.2) is 0 Å². The predicted molar refractivity (Wildman–Crippen MR) is 476 cm³/mol. The Bertz CT molecular complexity index is 6990. The van der Waals surface area contributed by atoms with Crippen LogP contribution in [0.3, 0.4) is 0 Å². The third-order valence-corrected chi connectivity index (χ3v) is 20.8. The van der Waals surface area contributed by atoms with Gasteiger partial charge in [-0.2, -0.15) is 0 Å². The summed E-state index contributed by atoms with van der Waals surface area (Å²) in [7, 11) is 0. The lowest BCUT2D eigenvalue weighted by molar-refractivity contribution is 1.37. The minimum atomic E-state index is 0.977. The summed E-state index contributed by atoms with van der Waals surface area (Å²) < 4.78 is 0. The zero-order valence-electron chi connectivity index (χ0n) is 61.6. The fourth-order valence-corrected chi connectivity index (χ4v) is 15.3. The zero-order chi connectivity index (χ0) is 75.9. The molecule has 0 atom stereocenters. The summed E-state index contributed by atoms with van der Waals surface area (Å²) in [6, 6.07) is 117. The van der Waals surface area contributed by atoms with Crippen LogP contribution in [0.5, 0.6) is 0 Å². The second-order valence-corrected chi connectivity index (χ2v) is 27.7. The maximum Gasteiger partial charge on any atom is 0.0964 e. The topological polar surface area (TPSA) is 142 Å². The summed E-state index contributed by atoms with van der Waals surface area (Å²) in [4.78, 5) is 48.3. The fraction of sp³-hybridized carbons (Fsp3) is 0. The third kappa shape index (κ3) is 14.0. The van der Waals surface area contributed by atoms with Crippen molar-refractivity contribution in [3.63, 3.8) is 0 Å². The molecule has 11 heteroatoms. The Labute approximate surface area is 653 Å². The Kier molecular flexibility index (Phi) is 18.8. The van der Waals surface area contributed by atoms with Crippen LogP contribution >= 0.6 is 0 Å². The van der Waals surface area contributed by atoms with Gasteiger partial charge in [0.2, 0.25) is 0 Å². The number of rotatable bonds is 0. The van der Waals surface area contributed by atoms with Gasteiger partial charge >= 0.3 is 0 Å². The normalized spacial score (nSPS) is 11.2. The molecule has 0 amide bonds. The van der Waals surface area contributed by atoms with Crippen LogP contribution in [0.2, 0.25) is 0 Å². The van der Waals surface area contributed by atoms with Crippen LogP contribution in [0.25, 0.3) is 195 Å². The van der Waals surface area contributed by atoms with E-state index < -0.39 is 0 Å². The average molecular weight is 1460 g/mol. The molecule has 534 valence electrons. The van der Waals surface area contributed by atoms with Crippen molar-refractivity contribution in [3.05, 3.63) is 408 Å². The van der Waals surface area contributed by atoms with Crippen molar-refractivity contribution in [2.45, 2.75) is 0 Å². The Hall–Kier alpha value is -15.6. The monoisotopic (exact) mass is 1460 g/mol. The lowest BCUT2D eigenvalue weighted by Gasteiger charge is -2.08. The lowest BCUT2D eigenvalue weighted by Crippen LogP contribution is -1.84. The van der Waals surface area contributed by atoms with E-state index >= 15 is 0 Å². The molecule has 14 aromatic carbocycles. The molecule has 0 aliphatic heterocycles. The first-order valence-electron chi connectivity index (χ1n) is 37.8. The van der Waals surface area contributed by atoms with E-state index in [1.807, 2.05) is 116 Å². The maximum absolute atomic E-state index is 4.56. The summed E-state index contributed by atoms with van der Waals surface area (Å²) in [6.45, 7) is 0. The number of nitrogens with zero attached hydrogens (tertiary/aromatic N) is 11. The smallest absolute Gasteiger partial charge is 0.0964 e. The molecule has 0 unspecified atom stereocenters. The van der Waals surface area contributed by atoms with Crippen LogP contribution in [-0.4, -0.2) is 54.8 Å². The molecule has 0 fully saturated rings.